The maximum atomic E-state index is 11.8. The molecule has 0 bridgehead atoms. The highest BCUT2D eigenvalue weighted by Crippen LogP contribution is 2.16. The molecular formula is C12H19NO2S. The molecule has 0 aliphatic rings. The molecule has 1 atom stereocenters. The van der Waals surface area contributed by atoms with Gasteiger partial charge in [0.15, 0.2) is 0 Å². The van der Waals surface area contributed by atoms with E-state index in [-0.39, 0.29) is 12.0 Å². The van der Waals surface area contributed by atoms with Crippen LogP contribution in [0, 0.1) is 0 Å². The largest absolute Gasteiger partial charge is 0.393 e. The van der Waals surface area contributed by atoms with Gasteiger partial charge in [-0.2, -0.15) is 0 Å². The standard InChI is InChI=1S/C12H19NO2S/c1-3-10-6-8-16-11(10)12(15)13-7-4-5-9(2)14/h6,8-9,14H,3-5,7H2,1-2H3,(H,13,15). The Labute approximate surface area is 100 Å². The Bertz CT molecular complexity index is 334. The first-order valence-electron chi connectivity index (χ1n) is 5.67. The molecule has 16 heavy (non-hydrogen) atoms. The number of hydrogen-bond donors (Lipinski definition) is 2. The van der Waals surface area contributed by atoms with Crippen molar-refractivity contribution in [3.05, 3.63) is 21.9 Å². The molecule has 0 aliphatic carbocycles. The molecule has 0 saturated heterocycles. The number of amides is 1. The van der Waals surface area contributed by atoms with Crippen molar-refractivity contribution in [1.82, 2.24) is 5.32 Å². The Hall–Kier alpha value is -0.870. The molecule has 0 fully saturated rings. The van der Waals surface area contributed by atoms with Gasteiger partial charge in [-0.3, -0.25) is 4.79 Å². The van der Waals surface area contributed by atoms with Gasteiger partial charge in [-0.1, -0.05) is 6.92 Å². The van der Waals surface area contributed by atoms with Gasteiger partial charge in [-0.25, -0.2) is 0 Å². The summed E-state index contributed by atoms with van der Waals surface area (Å²) in [5, 5.41) is 13.9. The number of nitrogens with one attached hydrogen (secondary N) is 1. The summed E-state index contributed by atoms with van der Waals surface area (Å²) in [5.41, 5.74) is 1.11. The summed E-state index contributed by atoms with van der Waals surface area (Å²) in [6, 6.07) is 2.00. The molecule has 90 valence electrons. The van der Waals surface area contributed by atoms with Crippen molar-refractivity contribution < 1.29 is 9.90 Å². The predicted molar refractivity (Wildman–Crippen MR) is 66.9 cm³/mol. The first kappa shape index (κ1) is 13.2. The second-order valence-corrected chi connectivity index (χ2v) is 4.79. The molecule has 2 N–H and O–H groups in total. The maximum absolute atomic E-state index is 11.8. The summed E-state index contributed by atoms with van der Waals surface area (Å²) < 4.78 is 0. The normalized spacial score (nSPS) is 12.4. The van der Waals surface area contributed by atoms with E-state index in [1.54, 1.807) is 6.92 Å². The van der Waals surface area contributed by atoms with Crippen LogP contribution in [0.15, 0.2) is 11.4 Å². The van der Waals surface area contributed by atoms with Gasteiger partial charge in [0.05, 0.1) is 11.0 Å². The Morgan fingerprint density at radius 1 is 1.62 bits per heavy atom. The highest BCUT2D eigenvalue weighted by Gasteiger charge is 2.10. The molecule has 0 radical (unpaired) electrons. The second kappa shape index (κ2) is 6.66. The Balaban J connectivity index is 2.35. The molecule has 3 nitrogen and oxygen atoms in total. The van der Waals surface area contributed by atoms with E-state index in [1.165, 1.54) is 11.3 Å². The lowest BCUT2D eigenvalue weighted by Crippen LogP contribution is -2.25. The summed E-state index contributed by atoms with van der Waals surface area (Å²) in [7, 11) is 0. The zero-order valence-electron chi connectivity index (χ0n) is 9.82. The SMILES string of the molecule is CCc1ccsc1C(=O)NCCCC(C)O. The molecule has 1 rings (SSSR count). The van der Waals surface area contributed by atoms with Crippen LogP contribution in [0.3, 0.4) is 0 Å². The Kier molecular flexibility index (Phi) is 5.49. The average Bonchev–Trinajstić information content (AvgIpc) is 2.71. The summed E-state index contributed by atoms with van der Waals surface area (Å²) >= 11 is 1.49. The Morgan fingerprint density at radius 3 is 3.00 bits per heavy atom. The number of carbonyl (C=O) groups is 1. The number of rotatable bonds is 6. The van der Waals surface area contributed by atoms with E-state index in [9.17, 15) is 4.79 Å². The highest BCUT2D eigenvalue weighted by atomic mass is 32.1. The molecule has 0 saturated carbocycles. The van der Waals surface area contributed by atoms with E-state index in [2.05, 4.69) is 5.32 Å². The van der Waals surface area contributed by atoms with Crippen molar-refractivity contribution in [2.75, 3.05) is 6.54 Å². The van der Waals surface area contributed by atoms with Gasteiger partial charge in [0.1, 0.15) is 0 Å². The van der Waals surface area contributed by atoms with Crippen LogP contribution >= 0.6 is 11.3 Å². The fourth-order valence-corrected chi connectivity index (χ4v) is 2.40. The van der Waals surface area contributed by atoms with E-state index < -0.39 is 0 Å². The molecule has 1 amide bonds. The third-order valence-corrected chi connectivity index (χ3v) is 3.37. The fourth-order valence-electron chi connectivity index (χ4n) is 1.49. The van der Waals surface area contributed by atoms with Gasteiger partial charge in [0.2, 0.25) is 0 Å². The van der Waals surface area contributed by atoms with Gasteiger partial charge < -0.3 is 10.4 Å². The van der Waals surface area contributed by atoms with E-state index >= 15 is 0 Å². The molecule has 0 spiro atoms. The number of hydrogen-bond acceptors (Lipinski definition) is 3. The van der Waals surface area contributed by atoms with Crippen LogP contribution in [-0.2, 0) is 6.42 Å². The summed E-state index contributed by atoms with van der Waals surface area (Å²) in [4.78, 5) is 12.6. The number of thiophene rings is 1. The second-order valence-electron chi connectivity index (χ2n) is 3.88. The molecule has 0 aliphatic heterocycles. The number of aliphatic hydroxyl groups is 1. The summed E-state index contributed by atoms with van der Waals surface area (Å²) in [5.74, 6) is 0.0115. The Morgan fingerprint density at radius 2 is 2.38 bits per heavy atom. The van der Waals surface area contributed by atoms with E-state index in [0.29, 0.717) is 6.54 Å². The van der Waals surface area contributed by atoms with Crippen molar-refractivity contribution in [3.63, 3.8) is 0 Å². The predicted octanol–water partition coefficient (Wildman–Crippen LogP) is 2.20. The van der Waals surface area contributed by atoms with E-state index in [0.717, 1.165) is 29.7 Å². The van der Waals surface area contributed by atoms with Crippen molar-refractivity contribution in [3.8, 4) is 0 Å². The first-order valence-corrected chi connectivity index (χ1v) is 6.55. The van der Waals surface area contributed by atoms with Crippen molar-refractivity contribution in [1.29, 1.82) is 0 Å². The smallest absolute Gasteiger partial charge is 0.261 e. The summed E-state index contributed by atoms with van der Waals surface area (Å²) in [6.07, 6.45) is 2.14. The average molecular weight is 241 g/mol. The van der Waals surface area contributed by atoms with Crippen LogP contribution in [0.4, 0.5) is 0 Å². The number of carbonyl (C=O) groups excluding carboxylic acids is 1. The number of aryl methyl sites for hydroxylation is 1. The van der Waals surface area contributed by atoms with Crippen LogP contribution in [0.2, 0.25) is 0 Å². The van der Waals surface area contributed by atoms with Gasteiger partial charge in [-0.05, 0) is 43.2 Å². The topological polar surface area (TPSA) is 49.3 Å². The van der Waals surface area contributed by atoms with Gasteiger partial charge in [0, 0.05) is 6.54 Å². The van der Waals surface area contributed by atoms with E-state index in [4.69, 9.17) is 5.11 Å². The molecule has 1 heterocycles. The van der Waals surface area contributed by atoms with Crippen molar-refractivity contribution >= 4 is 17.2 Å². The molecule has 1 aromatic rings. The summed E-state index contributed by atoms with van der Waals surface area (Å²) in [6.45, 7) is 4.44. The third kappa shape index (κ3) is 3.94. The van der Waals surface area contributed by atoms with Crippen molar-refractivity contribution in [2.45, 2.75) is 39.2 Å². The lowest BCUT2D eigenvalue weighted by Gasteiger charge is -2.06. The monoisotopic (exact) mass is 241 g/mol. The van der Waals surface area contributed by atoms with Crippen molar-refractivity contribution in [2.24, 2.45) is 0 Å². The minimum atomic E-state index is -0.287. The van der Waals surface area contributed by atoms with Gasteiger partial charge >= 0.3 is 0 Å². The lowest BCUT2D eigenvalue weighted by atomic mass is 10.2. The van der Waals surface area contributed by atoms with Crippen LogP contribution < -0.4 is 5.32 Å². The zero-order valence-corrected chi connectivity index (χ0v) is 10.6. The molecular weight excluding hydrogens is 222 g/mol. The lowest BCUT2D eigenvalue weighted by molar-refractivity contribution is 0.0953. The fraction of sp³-hybridized carbons (Fsp3) is 0.583. The third-order valence-electron chi connectivity index (χ3n) is 2.42. The van der Waals surface area contributed by atoms with E-state index in [1.807, 2.05) is 18.4 Å². The molecule has 1 aromatic heterocycles. The quantitative estimate of drug-likeness (QED) is 0.750. The minimum absolute atomic E-state index is 0.0115. The first-order chi connectivity index (χ1) is 7.65. The van der Waals surface area contributed by atoms with Crippen LogP contribution in [0.25, 0.3) is 0 Å². The highest BCUT2D eigenvalue weighted by molar-refractivity contribution is 7.12. The van der Waals surface area contributed by atoms with Crippen LogP contribution in [0.5, 0.6) is 0 Å². The van der Waals surface area contributed by atoms with Gasteiger partial charge in [0.25, 0.3) is 5.91 Å². The molecule has 0 aromatic carbocycles. The van der Waals surface area contributed by atoms with Gasteiger partial charge in [-0.15, -0.1) is 11.3 Å². The molecule has 1 unspecified atom stereocenters. The number of aliphatic hydroxyl groups excluding tert-OH is 1. The van der Waals surface area contributed by atoms with Crippen LogP contribution in [0.1, 0.15) is 41.9 Å². The van der Waals surface area contributed by atoms with Crippen LogP contribution in [-0.4, -0.2) is 23.7 Å². The minimum Gasteiger partial charge on any atom is -0.393 e. The molecule has 4 heteroatoms. The zero-order chi connectivity index (χ0) is 12.0. The maximum Gasteiger partial charge on any atom is 0.261 e.